The average molecular weight is 254 g/mol. The van der Waals surface area contributed by atoms with Crippen molar-refractivity contribution < 1.29 is 24.6 Å². The van der Waals surface area contributed by atoms with E-state index >= 15 is 0 Å². The number of anilines is 1. The number of aliphatic hydroxyl groups excluding tert-OH is 1. The second kappa shape index (κ2) is 5.21. The Labute approximate surface area is 103 Å². The van der Waals surface area contributed by atoms with Gasteiger partial charge in [0.1, 0.15) is 11.5 Å². The molecule has 0 saturated heterocycles. The summed E-state index contributed by atoms with van der Waals surface area (Å²) in [4.78, 5) is 15.8. The van der Waals surface area contributed by atoms with Crippen molar-refractivity contribution >= 4 is 11.6 Å². The molecule has 0 unspecified atom stereocenters. The van der Waals surface area contributed by atoms with Gasteiger partial charge in [-0.15, -0.1) is 0 Å². The van der Waals surface area contributed by atoms with Crippen LogP contribution in [0.1, 0.15) is 11.7 Å². The lowest BCUT2D eigenvalue weighted by Gasteiger charge is -2.23. The molecular formula is C11H14N2O5. The van der Waals surface area contributed by atoms with Gasteiger partial charge >= 0.3 is 0 Å². The molecule has 0 aromatic heterocycles. The monoisotopic (exact) mass is 254 g/mol. The lowest BCUT2D eigenvalue weighted by Crippen LogP contribution is -2.27. The van der Waals surface area contributed by atoms with Crippen molar-refractivity contribution in [1.29, 1.82) is 0 Å². The summed E-state index contributed by atoms with van der Waals surface area (Å²) >= 11 is 0. The molecule has 0 fully saturated rings. The fourth-order valence-corrected chi connectivity index (χ4v) is 1.73. The number of benzene rings is 1. The van der Waals surface area contributed by atoms with Crippen LogP contribution in [0.2, 0.25) is 0 Å². The van der Waals surface area contributed by atoms with Crippen LogP contribution in [0.5, 0.6) is 11.5 Å². The summed E-state index contributed by atoms with van der Waals surface area (Å²) in [6.07, 6.45) is -0.930. The van der Waals surface area contributed by atoms with E-state index < -0.39 is 6.10 Å². The summed E-state index contributed by atoms with van der Waals surface area (Å²) in [5.74, 6) is -0.00706. The smallest absolute Gasteiger partial charge is 0.262 e. The van der Waals surface area contributed by atoms with Gasteiger partial charge in [-0.25, -0.2) is 0 Å². The van der Waals surface area contributed by atoms with Gasteiger partial charge in [-0.2, -0.15) is 5.48 Å². The molecule has 7 nitrogen and oxygen atoms in total. The SMILES string of the molecule is CONC[C@H](O)c1cc(O)cc2c1OCC(=O)N2. The van der Waals surface area contributed by atoms with Crippen LogP contribution >= 0.6 is 0 Å². The summed E-state index contributed by atoms with van der Waals surface area (Å²) < 4.78 is 5.27. The lowest BCUT2D eigenvalue weighted by molar-refractivity contribution is -0.118. The Kier molecular flexibility index (Phi) is 3.66. The molecule has 2 rings (SSSR count). The van der Waals surface area contributed by atoms with Crippen molar-refractivity contribution in [3.05, 3.63) is 17.7 Å². The molecule has 1 aromatic rings. The molecule has 0 bridgehead atoms. The van der Waals surface area contributed by atoms with Gasteiger partial charge in [0.2, 0.25) is 0 Å². The van der Waals surface area contributed by atoms with Crippen LogP contribution in [-0.4, -0.2) is 36.4 Å². The van der Waals surface area contributed by atoms with Gasteiger partial charge in [-0.3, -0.25) is 4.79 Å². The summed E-state index contributed by atoms with van der Waals surface area (Å²) in [7, 11) is 1.43. The zero-order valence-electron chi connectivity index (χ0n) is 9.77. The Morgan fingerprint density at radius 2 is 2.39 bits per heavy atom. The Balaban J connectivity index is 2.32. The van der Waals surface area contributed by atoms with Gasteiger partial charge in [-0.05, 0) is 6.07 Å². The molecule has 1 aliphatic heterocycles. The predicted octanol–water partition coefficient (Wildman–Crippen LogP) is -0.0925. The van der Waals surface area contributed by atoms with Gasteiger partial charge in [0, 0.05) is 11.6 Å². The molecule has 0 spiro atoms. The summed E-state index contributed by atoms with van der Waals surface area (Å²) in [6.45, 7) is 0.0128. The number of hydrogen-bond donors (Lipinski definition) is 4. The van der Waals surface area contributed by atoms with Crippen LogP contribution < -0.4 is 15.5 Å². The van der Waals surface area contributed by atoms with E-state index in [1.165, 1.54) is 19.2 Å². The van der Waals surface area contributed by atoms with Gasteiger partial charge in [-0.1, -0.05) is 0 Å². The van der Waals surface area contributed by atoms with E-state index in [0.717, 1.165) is 0 Å². The molecule has 7 heteroatoms. The first-order valence-corrected chi connectivity index (χ1v) is 5.35. The van der Waals surface area contributed by atoms with Crippen molar-refractivity contribution in [1.82, 2.24) is 5.48 Å². The number of rotatable bonds is 4. The number of carbonyl (C=O) groups excluding carboxylic acids is 1. The molecule has 1 amide bonds. The van der Waals surface area contributed by atoms with E-state index in [1.807, 2.05) is 0 Å². The number of aromatic hydroxyl groups is 1. The number of fused-ring (bicyclic) bond motifs is 1. The average Bonchev–Trinajstić information content (AvgIpc) is 2.34. The Morgan fingerprint density at radius 1 is 1.61 bits per heavy atom. The van der Waals surface area contributed by atoms with E-state index in [0.29, 0.717) is 17.0 Å². The van der Waals surface area contributed by atoms with Crippen LogP contribution in [0.15, 0.2) is 12.1 Å². The molecule has 1 aliphatic rings. The van der Waals surface area contributed by atoms with E-state index in [4.69, 9.17) is 4.74 Å². The van der Waals surface area contributed by atoms with Gasteiger partial charge in [0.15, 0.2) is 6.61 Å². The lowest BCUT2D eigenvalue weighted by atomic mass is 10.1. The van der Waals surface area contributed by atoms with Crippen LogP contribution in [-0.2, 0) is 9.63 Å². The van der Waals surface area contributed by atoms with Gasteiger partial charge in [0.05, 0.1) is 25.4 Å². The Morgan fingerprint density at radius 3 is 3.11 bits per heavy atom. The third-order valence-electron chi connectivity index (χ3n) is 2.50. The highest BCUT2D eigenvalue weighted by Gasteiger charge is 2.24. The fraction of sp³-hybridized carbons (Fsp3) is 0.364. The molecular weight excluding hydrogens is 240 g/mol. The summed E-state index contributed by atoms with van der Waals surface area (Å²) in [6, 6.07) is 2.75. The Bertz CT molecular complexity index is 463. The number of nitrogens with one attached hydrogen (secondary N) is 2. The van der Waals surface area contributed by atoms with Crippen LogP contribution in [0, 0.1) is 0 Å². The maximum Gasteiger partial charge on any atom is 0.262 e. The molecule has 0 radical (unpaired) electrons. The quantitative estimate of drug-likeness (QED) is 0.560. The second-order valence-corrected chi connectivity index (χ2v) is 3.82. The molecule has 1 heterocycles. The maximum atomic E-state index is 11.2. The van der Waals surface area contributed by atoms with Crippen molar-refractivity contribution in [3.8, 4) is 11.5 Å². The zero-order chi connectivity index (χ0) is 13.1. The molecule has 0 aliphatic carbocycles. The third-order valence-corrected chi connectivity index (χ3v) is 2.50. The van der Waals surface area contributed by atoms with Crippen LogP contribution in [0.3, 0.4) is 0 Å². The summed E-state index contributed by atoms with van der Waals surface area (Å²) in [5, 5.41) is 22.1. The van der Waals surface area contributed by atoms with E-state index in [-0.39, 0.29) is 24.8 Å². The van der Waals surface area contributed by atoms with Gasteiger partial charge in [0.25, 0.3) is 5.91 Å². The summed E-state index contributed by atoms with van der Waals surface area (Å²) in [5.41, 5.74) is 3.24. The number of ether oxygens (including phenoxy) is 1. The molecule has 98 valence electrons. The highest BCUT2D eigenvalue weighted by Crippen LogP contribution is 2.38. The number of phenols is 1. The van der Waals surface area contributed by atoms with Crippen molar-refractivity contribution in [2.45, 2.75) is 6.10 Å². The highest BCUT2D eigenvalue weighted by atomic mass is 16.6. The molecule has 18 heavy (non-hydrogen) atoms. The van der Waals surface area contributed by atoms with E-state index in [9.17, 15) is 15.0 Å². The van der Waals surface area contributed by atoms with Crippen molar-refractivity contribution in [2.24, 2.45) is 0 Å². The first-order valence-electron chi connectivity index (χ1n) is 5.35. The molecule has 0 saturated carbocycles. The van der Waals surface area contributed by atoms with E-state index in [1.54, 1.807) is 0 Å². The highest BCUT2D eigenvalue weighted by molar-refractivity contribution is 5.96. The molecule has 1 atom stereocenters. The Hall–Kier alpha value is -1.83. The van der Waals surface area contributed by atoms with Gasteiger partial charge < -0.3 is 25.1 Å². The maximum absolute atomic E-state index is 11.2. The number of carbonyl (C=O) groups is 1. The third kappa shape index (κ3) is 2.53. The number of phenolic OH excluding ortho intramolecular Hbond substituents is 1. The predicted molar refractivity (Wildman–Crippen MR) is 62.2 cm³/mol. The van der Waals surface area contributed by atoms with Crippen LogP contribution in [0.25, 0.3) is 0 Å². The number of hydroxylamine groups is 1. The number of aliphatic hydroxyl groups is 1. The fourth-order valence-electron chi connectivity index (χ4n) is 1.73. The first-order chi connectivity index (χ1) is 8.61. The number of amides is 1. The minimum absolute atomic E-state index is 0.0639. The zero-order valence-corrected chi connectivity index (χ0v) is 9.77. The van der Waals surface area contributed by atoms with E-state index in [2.05, 4.69) is 15.6 Å². The number of hydrogen-bond acceptors (Lipinski definition) is 6. The minimum Gasteiger partial charge on any atom is -0.508 e. The second-order valence-electron chi connectivity index (χ2n) is 3.82. The topological polar surface area (TPSA) is 100 Å². The van der Waals surface area contributed by atoms with Crippen molar-refractivity contribution in [2.75, 3.05) is 25.6 Å². The normalized spacial score (nSPS) is 15.6. The van der Waals surface area contributed by atoms with Crippen molar-refractivity contribution in [3.63, 3.8) is 0 Å². The van der Waals surface area contributed by atoms with Crippen LogP contribution in [0.4, 0.5) is 5.69 Å². The largest absolute Gasteiger partial charge is 0.508 e. The molecule has 4 N–H and O–H groups in total. The minimum atomic E-state index is -0.930. The first kappa shape index (κ1) is 12.6. The molecule has 1 aromatic carbocycles. The standard InChI is InChI=1S/C11H14N2O5/c1-17-12-4-9(15)7-2-6(14)3-8-11(7)18-5-10(16)13-8/h2-3,9,12,14-15H,4-5H2,1H3,(H,13,16)/t9-/m0/s1.